The van der Waals surface area contributed by atoms with Gasteiger partial charge in [-0.15, -0.1) is 5.75 Å². The van der Waals surface area contributed by atoms with E-state index in [2.05, 4.69) is 80.8 Å². The second kappa shape index (κ2) is 9.60. The molecule has 5 heteroatoms. The van der Waals surface area contributed by atoms with Crippen molar-refractivity contribution in [1.29, 1.82) is 0 Å². The Bertz CT molecular complexity index is 494. The van der Waals surface area contributed by atoms with Crippen molar-refractivity contribution < 1.29 is 37.6 Å². The molecule has 25 heavy (non-hydrogen) atoms. The van der Waals surface area contributed by atoms with E-state index >= 15 is 0 Å². The van der Waals surface area contributed by atoms with E-state index in [0.29, 0.717) is 0 Å². The van der Waals surface area contributed by atoms with Crippen molar-refractivity contribution in [2.75, 3.05) is 0 Å². The van der Waals surface area contributed by atoms with Gasteiger partial charge in [-0.05, 0) is 10.8 Å². The molecular weight excluding hydrogens is 564 g/mol. The van der Waals surface area contributed by atoms with Crippen molar-refractivity contribution in [3.63, 3.8) is 0 Å². The van der Waals surface area contributed by atoms with Crippen molar-refractivity contribution in [2.24, 2.45) is 0 Å². The molecule has 0 bridgehead atoms. The first-order chi connectivity index (χ1) is 10.3. The van der Waals surface area contributed by atoms with Gasteiger partial charge in [0.15, 0.2) is 0 Å². The van der Waals surface area contributed by atoms with Crippen LogP contribution in [0.15, 0.2) is 18.2 Å². The first-order valence-electron chi connectivity index (χ1n) is 8.90. The van der Waals surface area contributed by atoms with Crippen LogP contribution in [0.1, 0.15) is 54.1 Å². The van der Waals surface area contributed by atoms with Crippen molar-refractivity contribution >= 4 is 16.5 Å². The van der Waals surface area contributed by atoms with Gasteiger partial charge in [-0.25, -0.2) is 0 Å². The van der Waals surface area contributed by atoms with Gasteiger partial charge < -0.3 is 9.75 Å². The third-order valence-electron chi connectivity index (χ3n) is 3.30. The Morgan fingerprint density at radius 2 is 1.04 bits per heavy atom. The predicted octanol–water partition coefficient (Wildman–Crippen LogP) is 6.63. The number of benzene rings is 1. The summed E-state index contributed by atoms with van der Waals surface area (Å²) < 4.78 is 4.82. The molecule has 0 aliphatic carbocycles. The fourth-order valence-corrected chi connectivity index (χ4v) is 10.8. The Labute approximate surface area is 184 Å². The van der Waals surface area contributed by atoms with E-state index in [-0.39, 0.29) is 49.1 Å². The number of hydrogen-bond donors (Lipinski definition) is 0. The molecule has 0 spiro atoms. The van der Waals surface area contributed by atoms with Crippen LogP contribution in [0.4, 0.5) is 0 Å². The van der Waals surface area contributed by atoms with Crippen LogP contribution in [0.5, 0.6) is 5.75 Å². The third kappa shape index (κ3) is 11.7. The maximum Gasteiger partial charge on any atom is 2.00 e. The summed E-state index contributed by atoms with van der Waals surface area (Å²) in [4.78, 5) is 0. The van der Waals surface area contributed by atoms with E-state index in [4.69, 9.17) is 4.65 Å². The smallest absolute Gasteiger partial charge is 0.872 e. The maximum absolute atomic E-state index is 12.3. The molecule has 0 aliphatic heterocycles. The quantitative estimate of drug-likeness (QED) is 0.349. The van der Waals surface area contributed by atoms with Crippen LogP contribution < -0.4 is 5.11 Å². The van der Waals surface area contributed by atoms with E-state index in [0.717, 1.165) is 11.1 Å². The topological polar surface area (TPSA) is 37.2 Å². The van der Waals surface area contributed by atoms with Crippen LogP contribution in [0.25, 0.3) is 4.65 Å². The van der Waals surface area contributed by atoms with Crippen molar-refractivity contribution in [1.82, 2.24) is 0 Å². The van der Waals surface area contributed by atoms with Gasteiger partial charge in [0.1, 0.15) is 0 Å². The molecule has 0 unspecified atom stereocenters. The van der Waals surface area contributed by atoms with E-state index in [1.54, 1.807) is 0 Å². The fourth-order valence-electron chi connectivity index (χ4n) is 2.72. The zero-order valence-corrected chi connectivity index (χ0v) is 24.8. The van der Waals surface area contributed by atoms with Gasteiger partial charge in [0, 0.05) is 1.43 Å². The number of nitrogens with zero attached hydrogens (tertiary/aromatic N) is 1. The van der Waals surface area contributed by atoms with Crippen molar-refractivity contribution in [2.45, 2.75) is 91.7 Å². The van der Waals surface area contributed by atoms with Crippen LogP contribution in [-0.4, -0.2) is 16.5 Å². The first-order valence-corrected chi connectivity index (χ1v) is 15.8. The SMILES string of the molecule is CC(C)(C)c1cccc(C(C)(C)C)c1[O-].C[Si](C)(C)[N-][Si](C)(C)C.[HH].[U+2]. The van der Waals surface area contributed by atoms with E-state index in [1.807, 2.05) is 18.2 Å². The van der Waals surface area contributed by atoms with E-state index in [9.17, 15) is 5.11 Å². The van der Waals surface area contributed by atoms with E-state index in [1.165, 1.54) is 0 Å². The summed E-state index contributed by atoms with van der Waals surface area (Å²) in [6.45, 7) is 26.3. The minimum atomic E-state index is -1.11. The molecule has 0 amide bonds. The molecule has 0 heterocycles. The Morgan fingerprint density at radius 1 is 0.760 bits per heavy atom. The zero-order valence-electron chi connectivity index (χ0n) is 18.6. The summed E-state index contributed by atoms with van der Waals surface area (Å²) in [6.07, 6.45) is 0. The van der Waals surface area contributed by atoms with Gasteiger partial charge in [-0.3, -0.25) is 0 Å². The Morgan fingerprint density at radius 3 is 1.20 bits per heavy atom. The van der Waals surface area contributed by atoms with Crippen molar-refractivity contribution in [3.05, 3.63) is 34.0 Å². The number of rotatable bonds is 2. The average Bonchev–Trinajstić information content (AvgIpc) is 2.21. The fraction of sp³-hybridized carbons (Fsp3) is 0.700. The molecule has 1 rings (SSSR count). The Kier molecular flexibility index (Phi) is 10.6. The molecule has 0 aliphatic rings. The average molecular weight is 606 g/mol. The molecule has 144 valence electrons. The van der Waals surface area contributed by atoms with Crippen LogP contribution in [-0.2, 0) is 10.8 Å². The number of hydrogen-bond acceptors (Lipinski definition) is 1. The van der Waals surface area contributed by atoms with Gasteiger partial charge in [-0.1, -0.05) is 127 Å². The molecular formula is C20H41NOSi2U. The standard InChI is InChI=1S/C14H22O.C6H18NSi2.U.H2/c1-13(2,3)10-8-7-9-11(12(10)15)14(4,5)6;1-8(2,3)7-9(4,5)6;;/h7-9,15H,1-6H3;1-6H3;;1H/q;-1;+2;/p-1. The van der Waals surface area contributed by atoms with Crippen LogP contribution >= 0.6 is 0 Å². The monoisotopic (exact) mass is 605 g/mol. The largest absolute Gasteiger partial charge is 2.00 e. The number of para-hydroxylation sites is 1. The summed E-state index contributed by atoms with van der Waals surface area (Å²) >= 11 is 0. The van der Waals surface area contributed by atoms with Crippen LogP contribution in [0, 0.1) is 31.1 Å². The van der Waals surface area contributed by atoms with Crippen molar-refractivity contribution in [3.8, 4) is 5.75 Å². The first kappa shape index (κ1) is 27.7. The molecule has 0 aromatic heterocycles. The third-order valence-corrected chi connectivity index (χ3v) is 8.67. The van der Waals surface area contributed by atoms with Gasteiger partial charge in [0.05, 0.1) is 0 Å². The molecule has 0 saturated carbocycles. The summed E-state index contributed by atoms with van der Waals surface area (Å²) in [5.74, 6) is 0.206. The molecule has 1 aromatic rings. The maximum atomic E-state index is 12.3. The molecule has 1 aromatic carbocycles. The molecule has 0 fully saturated rings. The molecule has 0 atom stereocenters. The molecule has 0 radical (unpaired) electrons. The summed E-state index contributed by atoms with van der Waals surface area (Å²) in [6, 6.07) is 5.87. The minimum Gasteiger partial charge on any atom is -0.872 e. The summed E-state index contributed by atoms with van der Waals surface area (Å²) in [5, 5.41) is 12.3. The van der Waals surface area contributed by atoms with Crippen LogP contribution in [0.2, 0.25) is 39.3 Å². The Balaban J connectivity index is -0.000000422. The second-order valence-electron chi connectivity index (χ2n) is 10.6. The predicted molar refractivity (Wildman–Crippen MR) is 115 cm³/mol. The zero-order chi connectivity index (χ0) is 19.6. The summed E-state index contributed by atoms with van der Waals surface area (Å²) in [5.41, 5.74) is 1.68. The van der Waals surface area contributed by atoms with Gasteiger partial charge in [0.2, 0.25) is 0 Å². The van der Waals surface area contributed by atoms with Gasteiger partial charge in [-0.2, -0.15) is 0 Å². The Hall–Kier alpha value is 0.466. The second-order valence-corrected chi connectivity index (χ2v) is 20.2. The van der Waals surface area contributed by atoms with Gasteiger partial charge in [0.25, 0.3) is 0 Å². The molecule has 2 nitrogen and oxygen atoms in total. The van der Waals surface area contributed by atoms with E-state index < -0.39 is 16.5 Å². The molecule has 0 N–H and O–H groups in total. The van der Waals surface area contributed by atoms with Crippen LogP contribution in [0.3, 0.4) is 0 Å². The minimum absolute atomic E-state index is 0. The normalized spacial score (nSPS) is 12.8. The van der Waals surface area contributed by atoms with Gasteiger partial charge >= 0.3 is 31.1 Å². The summed E-state index contributed by atoms with van der Waals surface area (Å²) in [7, 11) is -2.21. The molecule has 0 saturated heterocycles.